The molecule has 2 rings (SSSR count). The third-order valence-electron chi connectivity index (χ3n) is 3.54. The van der Waals surface area contributed by atoms with Crippen molar-refractivity contribution in [3.63, 3.8) is 0 Å². The summed E-state index contributed by atoms with van der Waals surface area (Å²) < 4.78 is 13.3. The molecule has 1 amide bonds. The molecule has 0 saturated heterocycles. The molecule has 5 heteroatoms. The largest absolute Gasteiger partial charge is 0.388 e. The van der Waals surface area contributed by atoms with E-state index in [4.69, 9.17) is 0 Å². The topological polar surface area (TPSA) is 49.3 Å². The van der Waals surface area contributed by atoms with Crippen LogP contribution >= 0.6 is 15.9 Å². The van der Waals surface area contributed by atoms with E-state index in [-0.39, 0.29) is 16.9 Å². The van der Waals surface area contributed by atoms with E-state index in [1.807, 2.05) is 0 Å². The number of carbonyl (C=O) groups is 1. The number of amides is 1. The fourth-order valence-electron chi connectivity index (χ4n) is 2.37. The minimum absolute atomic E-state index is 0.251. The van der Waals surface area contributed by atoms with Crippen molar-refractivity contribution in [1.29, 1.82) is 0 Å². The van der Waals surface area contributed by atoms with Crippen LogP contribution < -0.4 is 5.32 Å². The standard InChI is InChI=1S/C14H17BrFNO2/c15-11-8-10(4-5-12(11)16)13(18)17-9-14(19)6-2-1-3-7-14/h4-5,8,19H,1-3,6-7,9H2,(H,17,18). The van der Waals surface area contributed by atoms with Gasteiger partial charge in [-0.05, 0) is 47.0 Å². The zero-order chi connectivity index (χ0) is 13.9. The Labute approximate surface area is 120 Å². The van der Waals surface area contributed by atoms with Crippen molar-refractivity contribution in [2.75, 3.05) is 6.54 Å². The Morgan fingerprint density at radius 1 is 1.37 bits per heavy atom. The Hall–Kier alpha value is -0.940. The summed E-state index contributed by atoms with van der Waals surface area (Å²) in [5, 5.41) is 13.0. The van der Waals surface area contributed by atoms with Crippen molar-refractivity contribution in [2.45, 2.75) is 37.7 Å². The number of hydrogen-bond acceptors (Lipinski definition) is 2. The van der Waals surface area contributed by atoms with Gasteiger partial charge in [0, 0.05) is 12.1 Å². The lowest BCUT2D eigenvalue weighted by molar-refractivity contribution is 0.00525. The molecule has 1 fully saturated rings. The zero-order valence-electron chi connectivity index (χ0n) is 10.6. The van der Waals surface area contributed by atoms with Crippen molar-refractivity contribution in [1.82, 2.24) is 5.32 Å². The Kier molecular flexibility index (Phi) is 4.58. The molecule has 1 aliphatic rings. The number of aliphatic hydroxyl groups is 1. The van der Waals surface area contributed by atoms with E-state index in [9.17, 15) is 14.3 Å². The first kappa shape index (κ1) is 14.5. The van der Waals surface area contributed by atoms with E-state index in [1.54, 1.807) is 0 Å². The summed E-state index contributed by atoms with van der Waals surface area (Å²) in [6.07, 6.45) is 4.57. The summed E-state index contributed by atoms with van der Waals surface area (Å²) in [5.74, 6) is -0.692. The second kappa shape index (κ2) is 6.01. The molecule has 0 radical (unpaired) electrons. The molecule has 2 N–H and O–H groups in total. The van der Waals surface area contributed by atoms with Crippen LogP contribution in [0.25, 0.3) is 0 Å². The van der Waals surface area contributed by atoms with E-state index in [0.717, 1.165) is 32.1 Å². The highest BCUT2D eigenvalue weighted by molar-refractivity contribution is 9.10. The summed E-state index contributed by atoms with van der Waals surface area (Å²) >= 11 is 3.05. The molecule has 0 aliphatic heterocycles. The lowest BCUT2D eigenvalue weighted by Gasteiger charge is -2.32. The van der Waals surface area contributed by atoms with E-state index in [0.29, 0.717) is 5.56 Å². The number of rotatable bonds is 3. The fourth-order valence-corrected chi connectivity index (χ4v) is 2.75. The fraction of sp³-hybridized carbons (Fsp3) is 0.500. The Morgan fingerprint density at radius 2 is 2.05 bits per heavy atom. The molecule has 0 aromatic heterocycles. The van der Waals surface area contributed by atoms with Gasteiger partial charge in [0.2, 0.25) is 0 Å². The minimum Gasteiger partial charge on any atom is -0.388 e. The average Bonchev–Trinajstić information content (AvgIpc) is 2.40. The van der Waals surface area contributed by atoms with Crippen molar-refractivity contribution < 1.29 is 14.3 Å². The first-order chi connectivity index (χ1) is 9.00. The van der Waals surface area contributed by atoms with Crippen LogP contribution in [0.3, 0.4) is 0 Å². The average molecular weight is 330 g/mol. The van der Waals surface area contributed by atoms with Crippen LogP contribution in [0.15, 0.2) is 22.7 Å². The van der Waals surface area contributed by atoms with Gasteiger partial charge in [-0.2, -0.15) is 0 Å². The molecule has 1 aromatic carbocycles. The Balaban J connectivity index is 1.95. The number of carbonyl (C=O) groups excluding carboxylic acids is 1. The van der Waals surface area contributed by atoms with E-state index >= 15 is 0 Å². The number of hydrogen-bond donors (Lipinski definition) is 2. The SMILES string of the molecule is O=C(NCC1(O)CCCCC1)c1ccc(F)c(Br)c1. The molecular formula is C14H17BrFNO2. The maximum Gasteiger partial charge on any atom is 0.251 e. The maximum absolute atomic E-state index is 13.1. The second-order valence-electron chi connectivity index (χ2n) is 5.10. The summed E-state index contributed by atoms with van der Waals surface area (Å²) in [7, 11) is 0. The summed E-state index contributed by atoms with van der Waals surface area (Å²) in [5.41, 5.74) is -0.404. The van der Waals surface area contributed by atoms with E-state index in [1.165, 1.54) is 18.2 Å². The zero-order valence-corrected chi connectivity index (χ0v) is 12.2. The van der Waals surface area contributed by atoms with E-state index in [2.05, 4.69) is 21.2 Å². The van der Waals surface area contributed by atoms with Crippen molar-refractivity contribution in [3.05, 3.63) is 34.1 Å². The van der Waals surface area contributed by atoms with Crippen LogP contribution in [0.1, 0.15) is 42.5 Å². The Morgan fingerprint density at radius 3 is 2.68 bits per heavy atom. The van der Waals surface area contributed by atoms with Crippen LogP contribution in [-0.2, 0) is 0 Å². The summed E-state index contributed by atoms with van der Waals surface area (Å²) in [4.78, 5) is 11.9. The van der Waals surface area contributed by atoms with E-state index < -0.39 is 11.4 Å². The molecule has 3 nitrogen and oxygen atoms in total. The van der Waals surface area contributed by atoms with Gasteiger partial charge in [-0.1, -0.05) is 19.3 Å². The number of benzene rings is 1. The van der Waals surface area contributed by atoms with Crippen LogP contribution in [0.5, 0.6) is 0 Å². The van der Waals surface area contributed by atoms with Gasteiger partial charge in [0.1, 0.15) is 5.82 Å². The van der Waals surface area contributed by atoms with Gasteiger partial charge in [0.15, 0.2) is 0 Å². The molecule has 1 saturated carbocycles. The molecule has 0 spiro atoms. The third kappa shape index (κ3) is 3.76. The van der Waals surface area contributed by atoms with Gasteiger partial charge >= 0.3 is 0 Å². The summed E-state index contributed by atoms with van der Waals surface area (Å²) in [6.45, 7) is 0.251. The van der Waals surface area contributed by atoms with Crippen LogP contribution in [-0.4, -0.2) is 23.2 Å². The van der Waals surface area contributed by atoms with Crippen LogP contribution in [0.4, 0.5) is 4.39 Å². The van der Waals surface area contributed by atoms with Crippen molar-refractivity contribution in [3.8, 4) is 0 Å². The highest BCUT2D eigenvalue weighted by Crippen LogP contribution is 2.27. The highest BCUT2D eigenvalue weighted by Gasteiger charge is 2.29. The third-order valence-corrected chi connectivity index (χ3v) is 4.15. The van der Waals surface area contributed by atoms with Gasteiger partial charge in [0.25, 0.3) is 5.91 Å². The first-order valence-corrected chi connectivity index (χ1v) is 7.25. The quantitative estimate of drug-likeness (QED) is 0.895. The van der Waals surface area contributed by atoms with Gasteiger partial charge in [-0.3, -0.25) is 4.79 Å². The number of halogens is 2. The lowest BCUT2D eigenvalue weighted by Crippen LogP contribution is -2.44. The molecule has 19 heavy (non-hydrogen) atoms. The van der Waals surface area contributed by atoms with Crippen molar-refractivity contribution >= 4 is 21.8 Å². The molecule has 0 bridgehead atoms. The van der Waals surface area contributed by atoms with Gasteiger partial charge in [-0.25, -0.2) is 4.39 Å². The van der Waals surface area contributed by atoms with Gasteiger partial charge in [0.05, 0.1) is 10.1 Å². The predicted molar refractivity (Wildman–Crippen MR) is 74.5 cm³/mol. The molecule has 1 aliphatic carbocycles. The lowest BCUT2D eigenvalue weighted by atomic mass is 9.85. The van der Waals surface area contributed by atoms with Gasteiger partial charge < -0.3 is 10.4 Å². The maximum atomic E-state index is 13.1. The smallest absolute Gasteiger partial charge is 0.251 e. The summed E-state index contributed by atoms with van der Waals surface area (Å²) in [6, 6.07) is 4.12. The first-order valence-electron chi connectivity index (χ1n) is 6.46. The molecule has 0 unspecified atom stereocenters. The normalized spacial score (nSPS) is 18.1. The van der Waals surface area contributed by atoms with Gasteiger partial charge in [-0.15, -0.1) is 0 Å². The highest BCUT2D eigenvalue weighted by atomic mass is 79.9. The number of nitrogens with one attached hydrogen (secondary N) is 1. The van der Waals surface area contributed by atoms with Crippen LogP contribution in [0.2, 0.25) is 0 Å². The predicted octanol–water partition coefficient (Wildman–Crippen LogP) is 3.01. The second-order valence-corrected chi connectivity index (χ2v) is 5.95. The van der Waals surface area contributed by atoms with Crippen LogP contribution in [0, 0.1) is 5.82 Å². The Bertz CT molecular complexity index is 473. The molecule has 1 aromatic rings. The monoisotopic (exact) mass is 329 g/mol. The molecule has 0 atom stereocenters. The van der Waals surface area contributed by atoms with Crippen molar-refractivity contribution in [2.24, 2.45) is 0 Å². The molecule has 0 heterocycles. The molecular weight excluding hydrogens is 313 g/mol. The minimum atomic E-state index is -0.787. The molecule has 104 valence electrons.